The van der Waals surface area contributed by atoms with Crippen molar-refractivity contribution in [1.29, 1.82) is 0 Å². The molecule has 0 radical (unpaired) electrons. The summed E-state index contributed by atoms with van der Waals surface area (Å²) in [5, 5.41) is 16.3. The van der Waals surface area contributed by atoms with Crippen LogP contribution in [-0.2, 0) is 4.79 Å². The number of anilines is 1. The van der Waals surface area contributed by atoms with Crippen molar-refractivity contribution in [3.63, 3.8) is 0 Å². The Labute approximate surface area is 118 Å². The van der Waals surface area contributed by atoms with Gasteiger partial charge >= 0.3 is 5.69 Å². The Morgan fingerprint density at radius 3 is 2.67 bits per heavy atom. The highest BCUT2D eigenvalue weighted by molar-refractivity contribution is 5.93. The van der Waals surface area contributed by atoms with E-state index >= 15 is 0 Å². The predicted octanol–water partition coefficient (Wildman–Crippen LogP) is 1.95. The minimum absolute atomic E-state index is 0.0634. The standard InChI is InChI=1S/C13H13F2N3O3/c14-8-4-9(15)12(18(20)21)5-11(8)17-13(19)7-3-6-1-2-10(7)16-6/h4-7,10,16H,1-3H2,(H,17,19). The molecule has 2 N–H and O–H groups in total. The summed E-state index contributed by atoms with van der Waals surface area (Å²) in [6.07, 6.45) is 2.57. The SMILES string of the molecule is O=C(Nc1cc([N+](=O)[O-])c(F)cc1F)C1CC2CCC1N2. The molecule has 2 bridgehead atoms. The van der Waals surface area contributed by atoms with E-state index in [0.717, 1.165) is 12.8 Å². The Kier molecular flexibility index (Phi) is 3.32. The van der Waals surface area contributed by atoms with Gasteiger partial charge in [0.1, 0.15) is 5.82 Å². The van der Waals surface area contributed by atoms with Crippen molar-refractivity contribution in [3.05, 3.63) is 33.9 Å². The molecule has 2 aliphatic rings. The second-order valence-electron chi connectivity index (χ2n) is 5.42. The van der Waals surface area contributed by atoms with Gasteiger partial charge in [0.05, 0.1) is 16.5 Å². The van der Waals surface area contributed by atoms with Gasteiger partial charge in [0.15, 0.2) is 0 Å². The molecule has 3 atom stereocenters. The van der Waals surface area contributed by atoms with E-state index in [4.69, 9.17) is 0 Å². The van der Waals surface area contributed by atoms with Crippen LogP contribution in [0.25, 0.3) is 0 Å². The first-order valence-corrected chi connectivity index (χ1v) is 6.66. The number of nitro benzene ring substituents is 1. The Balaban J connectivity index is 1.80. The summed E-state index contributed by atoms with van der Waals surface area (Å²) in [5.41, 5.74) is -1.23. The molecule has 8 heteroatoms. The van der Waals surface area contributed by atoms with Crippen LogP contribution < -0.4 is 10.6 Å². The number of amides is 1. The lowest BCUT2D eigenvalue weighted by Crippen LogP contribution is -2.33. The van der Waals surface area contributed by atoms with Crippen LogP contribution in [0.15, 0.2) is 12.1 Å². The molecule has 0 spiro atoms. The summed E-state index contributed by atoms with van der Waals surface area (Å²) in [6.45, 7) is 0. The largest absolute Gasteiger partial charge is 0.323 e. The number of carbonyl (C=O) groups excluding carboxylic acids is 1. The number of carbonyl (C=O) groups is 1. The van der Waals surface area contributed by atoms with E-state index in [1.54, 1.807) is 0 Å². The van der Waals surface area contributed by atoms with Crippen molar-refractivity contribution in [2.24, 2.45) is 5.92 Å². The third-order valence-electron chi connectivity index (χ3n) is 4.13. The first-order valence-electron chi connectivity index (χ1n) is 6.66. The molecule has 0 saturated carbocycles. The third-order valence-corrected chi connectivity index (χ3v) is 4.13. The molecule has 21 heavy (non-hydrogen) atoms. The molecule has 2 saturated heterocycles. The van der Waals surface area contributed by atoms with Crippen molar-refractivity contribution in [1.82, 2.24) is 5.32 Å². The van der Waals surface area contributed by atoms with Crippen LogP contribution in [0.4, 0.5) is 20.2 Å². The van der Waals surface area contributed by atoms with Crippen LogP contribution in [0, 0.1) is 27.7 Å². The number of rotatable bonds is 3. The van der Waals surface area contributed by atoms with Crippen LogP contribution in [0.5, 0.6) is 0 Å². The number of nitrogens with one attached hydrogen (secondary N) is 2. The average molecular weight is 297 g/mol. The van der Waals surface area contributed by atoms with Gasteiger partial charge in [-0.1, -0.05) is 0 Å². The van der Waals surface area contributed by atoms with Crippen molar-refractivity contribution in [2.45, 2.75) is 31.3 Å². The first-order chi connectivity index (χ1) is 9.95. The molecule has 2 heterocycles. The van der Waals surface area contributed by atoms with Crippen LogP contribution in [0.2, 0.25) is 0 Å². The van der Waals surface area contributed by atoms with Gasteiger partial charge in [-0.3, -0.25) is 14.9 Å². The molecule has 0 aromatic heterocycles. The zero-order chi connectivity index (χ0) is 15.1. The van der Waals surface area contributed by atoms with E-state index < -0.39 is 28.2 Å². The summed E-state index contributed by atoms with van der Waals surface area (Å²) >= 11 is 0. The second-order valence-corrected chi connectivity index (χ2v) is 5.42. The van der Waals surface area contributed by atoms with Gasteiger partial charge in [-0.2, -0.15) is 4.39 Å². The van der Waals surface area contributed by atoms with Crippen molar-refractivity contribution in [3.8, 4) is 0 Å². The van der Waals surface area contributed by atoms with E-state index in [-0.39, 0.29) is 17.6 Å². The molecular formula is C13H13F2N3O3. The van der Waals surface area contributed by atoms with E-state index in [1.165, 1.54) is 0 Å². The lowest BCUT2D eigenvalue weighted by molar-refractivity contribution is -0.387. The normalized spacial score (nSPS) is 26.9. The molecule has 3 unspecified atom stereocenters. The van der Waals surface area contributed by atoms with Crippen molar-refractivity contribution in [2.75, 3.05) is 5.32 Å². The molecule has 2 aliphatic heterocycles. The number of benzene rings is 1. The van der Waals surface area contributed by atoms with Crippen molar-refractivity contribution >= 4 is 17.3 Å². The number of fused-ring (bicyclic) bond motifs is 2. The number of nitro groups is 1. The fourth-order valence-electron chi connectivity index (χ4n) is 3.11. The fourth-order valence-corrected chi connectivity index (χ4v) is 3.11. The van der Waals surface area contributed by atoms with E-state index in [0.29, 0.717) is 24.6 Å². The molecule has 112 valence electrons. The summed E-state index contributed by atoms with van der Waals surface area (Å²) in [5.74, 6) is -2.97. The fraction of sp³-hybridized carbons (Fsp3) is 0.462. The Bertz CT molecular complexity index is 623. The van der Waals surface area contributed by atoms with Crippen LogP contribution >= 0.6 is 0 Å². The summed E-state index contributed by atoms with van der Waals surface area (Å²) in [7, 11) is 0. The van der Waals surface area contributed by atoms with Crippen LogP contribution in [0.3, 0.4) is 0 Å². The Hall–Kier alpha value is -2.09. The number of hydrogen-bond donors (Lipinski definition) is 2. The molecule has 3 rings (SSSR count). The van der Waals surface area contributed by atoms with Gasteiger partial charge in [-0.25, -0.2) is 4.39 Å². The number of nitrogens with zero attached hydrogens (tertiary/aromatic N) is 1. The van der Waals surface area contributed by atoms with E-state index in [1.807, 2.05) is 0 Å². The Morgan fingerprint density at radius 1 is 1.33 bits per heavy atom. The molecule has 1 amide bonds. The van der Waals surface area contributed by atoms with Crippen molar-refractivity contribution < 1.29 is 18.5 Å². The van der Waals surface area contributed by atoms with Gasteiger partial charge in [-0.05, 0) is 19.3 Å². The summed E-state index contributed by atoms with van der Waals surface area (Å²) in [6, 6.07) is 1.49. The zero-order valence-electron chi connectivity index (χ0n) is 10.9. The van der Waals surface area contributed by atoms with Gasteiger partial charge < -0.3 is 10.6 Å². The maximum absolute atomic E-state index is 13.6. The smallest absolute Gasteiger partial charge is 0.307 e. The third kappa shape index (κ3) is 2.46. The minimum Gasteiger partial charge on any atom is -0.323 e. The predicted molar refractivity (Wildman–Crippen MR) is 69.7 cm³/mol. The average Bonchev–Trinajstić information content (AvgIpc) is 3.03. The summed E-state index contributed by atoms with van der Waals surface area (Å²) < 4.78 is 26.9. The maximum Gasteiger partial charge on any atom is 0.307 e. The van der Waals surface area contributed by atoms with Crippen LogP contribution in [-0.4, -0.2) is 22.9 Å². The highest BCUT2D eigenvalue weighted by atomic mass is 19.1. The summed E-state index contributed by atoms with van der Waals surface area (Å²) in [4.78, 5) is 21.8. The Morgan fingerprint density at radius 2 is 2.10 bits per heavy atom. The van der Waals surface area contributed by atoms with Gasteiger partial charge in [-0.15, -0.1) is 0 Å². The van der Waals surface area contributed by atoms with E-state index in [9.17, 15) is 23.7 Å². The number of hydrogen-bond acceptors (Lipinski definition) is 4. The van der Waals surface area contributed by atoms with Gasteiger partial charge in [0.25, 0.3) is 0 Å². The highest BCUT2D eigenvalue weighted by Crippen LogP contribution is 2.34. The number of halogens is 2. The lowest BCUT2D eigenvalue weighted by Gasteiger charge is -2.19. The maximum atomic E-state index is 13.6. The molecule has 1 aromatic rings. The molecular weight excluding hydrogens is 284 g/mol. The quantitative estimate of drug-likeness (QED) is 0.659. The van der Waals surface area contributed by atoms with Gasteiger partial charge in [0.2, 0.25) is 11.7 Å². The monoisotopic (exact) mass is 297 g/mol. The molecule has 0 aliphatic carbocycles. The topological polar surface area (TPSA) is 84.3 Å². The second kappa shape index (κ2) is 5.03. The molecule has 2 fully saturated rings. The van der Waals surface area contributed by atoms with Gasteiger partial charge in [0, 0.05) is 24.2 Å². The zero-order valence-corrected chi connectivity index (χ0v) is 10.9. The van der Waals surface area contributed by atoms with Crippen LogP contribution in [0.1, 0.15) is 19.3 Å². The molecule has 6 nitrogen and oxygen atoms in total. The minimum atomic E-state index is -1.27. The highest BCUT2D eigenvalue weighted by Gasteiger charge is 2.42. The van der Waals surface area contributed by atoms with E-state index in [2.05, 4.69) is 10.6 Å². The molecule has 1 aromatic carbocycles. The lowest BCUT2D eigenvalue weighted by atomic mass is 9.88. The first kappa shape index (κ1) is 13.9.